The predicted octanol–water partition coefficient (Wildman–Crippen LogP) is 1.74. The highest BCUT2D eigenvalue weighted by molar-refractivity contribution is 5.04. The fraction of sp³-hybridized carbons (Fsp3) is 0.750. The Morgan fingerprint density at radius 3 is 2.87 bits per heavy atom. The highest BCUT2D eigenvalue weighted by atomic mass is 15.2. The highest BCUT2D eigenvalue weighted by Crippen LogP contribution is 2.47. The van der Waals surface area contributed by atoms with Crippen molar-refractivity contribution in [3.63, 3.8) is 0 Å². The van der Waals surface area contributed by atoms with E-state index in [9.17, 15) is 0 Å². The van der Waals surface area contributed by atoms with Crippen LogP contribution in [0.3, 0.4) is 0 Å². The Balaban J connectivity index is 1.63. The van der Waals surface area contributed by atoms with Crippen molar-refractivity contribution in [3.05, 3.63) is 18.0 Å². The first-order valence-electron chi connectivity index (χ1n) is 5.92. The van der Waals surface area contributed by atoms with Gasteiger partial charge in [-0.05, 0) is 43.2 Å². The van der Waals surface area contributed by atoms with Crippen LogP contribution in [-0.2, 0) is 13.5 Å². The molecule has 1 aliphatic rings. The largest absolute Gasteiger partial charge is 0.316 e. The van der Waals surface area contributed by atoms with Gasteiger partial charge in [0.1, 0.15) is 0 Å². The number of nitrogens with one attached hydrogen (secondary N) is 1. The van der Waals surface area contributed by atoms with Gasteiger partial charge in [0.2, 0.25) is 0 Å². The molecule has 2 rings (SSSR count). The average molecular weight is 207 g/mol. The van der Waals surface area contributed by atoms with Crippen molar-refractivity contribution in [2.75, 3.05) is 13.1 Å². The van der Waals surface area contributed by atoms with Crippen LogP contribution < -0.4 is 5.32 Å². The van der Waals surface area contributed by atoms with Crippen LogP contribution in [0.15, 0.2) is 12.4 Å². The molecule has 3 heteroatoms. The molecule has 1 aromatic rings. The Morgan fingerprint density at radius 1 is 1.53 bits per heavy atom. The zero-order valence-corrected chi connectivity index (χ0v) is 9.79. The molecule has 0 aliphatic heterocycles. The summed E-state index contributed by atoms with van der Waals surface area (Å²) in [5.41, 5.74) is 1.99. The maximum absolute atomic E-state index is 4.16. The Labute approximate surface area is 91.9 Å². The van der Waals surface area contributed by atoms with Crippen molar-refractivity contribution < 1.29 is 0 Å². The van der Waals surface area contributed by atoms with Crippen LogP contribution in [0.4, 0.5) is 0 Å². The third kappa shape index (κ3) is 2.81. The Bertz CT molecular complexity index is 312. The molecule has 0 unspecified atom stereocenters. The van der Waals surface area contributed by atoms with E-state index in [0.717, 1.165) is 13.0 Å². The number of hydrogen-bond acceptors (Lipinski definition) is 2. The van der Waals surface area contributed by atoms with E-state index in [-0.39, 0.29) is 0 Å². The fourth-order valence-electron chi connectivity index (χ4n) is 2.02. The van der Waals surface area contributed by atoms with Crippen LogP contribution in [0.1, 0.15) is 31.7 Å². The molecular formula is C12H21N3. The molecule has 15 heavy (non-hydrogen) atoms. The summed E-state index contributed by atoms with van der Waals surface area (Å²) < 4.78 is 1.86. The third-order valence-corrected chi connectivity index (χ3v) is 3.56. The van der Waals surface area contributed by atoms with E-state index in [1.54, 1.807) is 0 Å². The molecule has 0 bridgehead atoms. The van der Waals surface area contributed by atoms with Crippen LogP contribution in [0, 0.1) is 5.41 Å². The Hall–Kier alpha value is -0.830. The van der Waals surface area contributed by atoms with Gasteiger partial charge in [0.15, 0.2) is 0 Å². The summed E-state index contributed by atoms with van der Waals surface area (Å²) >= 11 is 0. The molecule has 1 fully saturated rings. The summed E-state index contributed by atoms with van der Waals surface area (Å²) in [6, 6.07) is 0. The number of rotatable bonds is 6. The molecule has 0 aromatic carbocycles. The Kier molecular flexibility index (Phi) is 3.10. The first-order valence-corrected chi connectivity index (χ1v) is 5.92. The summed E-state index contributed by atoms with van der Waals surface area (Å²) in [4.78, 5) is 0. The zero-order valence-electron chi connectivity index (χ0n) is 9.79. The maximum Gasteiger partial charge on any atom is 0.0522 e. The van der Waals surface area contributed by atoms with Gasteiger partial charge in [-0.15, -0.1) is 0 Å². The number of aryl methyl sites for hydroxylation is 1. The second kappa shape index (κ2) is 4.35. The van der Waals surface area contributed by atoms with Crippen molar-refractivity contribution in [1.29, 1.82) is 0 Å². The van der Waals surface area contributed by atoms with E-state index in [2.05, 4.69) is 23.5 Å². The minimum Gasteiger partial charge on any atom is -0.316 e. The highest BCUT2D eigenvalue weighted by Gasteiger charge is 2.39. The van der Waals surface area contributed by atoms with Gasteiger partial charge >= 0.3 is 0 Å². The molecule has 84 valence electrons. The first-order chi connectivity index (χ1) is 7.24. The molecule has 0 saturated heterocycles. The van der Waals surface area contributed by atoms with Crippen LogP contribution in [-0.4, -0.2) is 22.9 Å². The second-order valence-corrected chi connectivity index (χ2v) is 4.80. The van der Waals surface area contributed by atoms with Crippen LogP contribution >= 0.6 is 0 Å². The third-order valence-electron chi connectivity index (χ3n) is 3.56. The van der Waals surface area contributed by atoms with Crippen molar-refractivity contribution in [2.24, 2.45) is 12.5 Å². The molecule has 1 heterocycles. The lowest BCUT2D eigenvalue weighted by Crippen LogP contribution is -2.25. The first kappa shape index (κ1) is 10.7. The smallest absolute Gasteiger partial charge is 0.0522 e. The summed E-state index contributed by atoms with van der Waals surface area (Å²) in [7, 11) is 1.97. The van der Waals surface area contributed by atoms with Gasteiger partial charge < -0.3 is 5.32 Å². The average Bonchev–Trinajstić information content (AvgIpc) is 2.91. The minimum absolute atomic E-state index is 0.662. The Morgan fingerprint density at radius 2 is 2.33 bits per heavy atom. The lowest BCUT2D eigenvalue weighted by molar-refractivity contribution is 0.446. The van der Waals surface area contributed by atoms with Gasteiger partial charge in [-0.3, -0.25) is 4.68 Å². The molecule has 0 spiro atoms. The summed E-state index contributed by atoms with van der Waals surface area (Å²) in [5, 5.41) is 7.72. The SMILES string of the molecule is CCC1(CNCCc2cnn(C)c2)CC1. The van der Waals surface area contributed by atoms with E-state index >= 15 is 0 Å². The summed E-state index contributed by atoms with van der Waals surface area (Å²) in [6.07, 6.45) is 9.30. The molecule has 0 radical (unpaired) electrons. The van der Waals surface area contributed by atoms with Gasteiger partial charge in [0.05, 0.1) is 6.20 Å². The van der Waals surface area contributed by atoms with Crippen molar-refractivity contribution in [2.45, 2.75) is 32.6 Å². The van der Waals surface area contributed by atoms with Gasteiger partial charge in [-0.1, -0.05) is 6.92 Å². The summed E-state index contributed by atoms with van der Waals surface area (Å²) in [5.74, 6) is 0. The monoisotopic (exact) mass is 207 g/mol. The molecule has 1 aliphatic carbocycles. The van der Waals surface area contributed by atoms with Crippen molar-refractivity contribution >= 4 is 0 Å². The molecular weight excluding hydrogens is 186 g/mol. The maximum atomic E-state index is 4.16. The molecule has 0 amide bonds. The molecule has 1 aromatic heterocycles. The van der Waals surface area contributed by atoms with Crippen molar-refractivity contribution in [3.8, 4) is 0 Å². The second-order valence-electron chi connectivity index (χ2n) is 4.80. The topological polar surface area (TPSA) is 29.9 Å². The number of nitrogens with zero attached hydrogens (tertiary/aromatic N) is 2. The van der Waals surface area contributed by atoms with Gasteiger partial charge in [0.25, 0.3) is 0 Å². The number of aromatic nitrogens is 2. The van der Waals surface area contributed by atoms with E-state index in [0.29, 0.717) is 5.41 Å². The van der Waals surface area contributed by atoms with Crippen LogP contribution in [0.5, 0.6) is 0 Å². The quantitative estimate of drug-likeness (QED) is 0.720. The standard InChI is InChI=1S/C12H21N3/c1-3-12(5-6-12)10-13-7-4-11-8-14-15(2)9-11/h8-9,13H,3-7,10H2,1-2H3. The zero-order chi connectivity index (χ0) is 10.7. The lowest BCUT2D eigenvalue weighted by Gasteiger charge is -2.12. The minimum atomic E-state index is 0.662. The molecule has 0 atom stereocenters. The van der Waals surface area contributed by atoms with Gasteiger partial charge in [0, 0.05) is 19.8 Å². The van der Waals surface area contributed by atoms with E-state index in [1.165, 1.54) is 31.4 Å². The molecule has 1 N–H and O–H groups in total. The summed E-state index contributed by atoms with van der Waals surface area (Å²) in [6.45, 7) is 4.58. The van der Waals surface area contributed by atoms with Gasteiger partial charge in [-0.25, -0.2) is 0 Å². The predicted molar refractivity (Wildman–Crippen MR) is 61.7 cm³/mol. The van der Waals surface area contributed by atoms with E-state index in [4.69, 9.17) is 0 Å². The van der Waals surface area contributed by atoms with E-state index in [1.807, 2.05) is 17.9 Å². The molecule has 3 nitrogen and oxygen atoms in total. The van der Waals surface area contributed by atoms with E-state index < -0.39 is 0 Å². The lowest BCUT2D eigenvalue weighted by atomic mass is 10.0. The fourth-order valence-corrected chi connectivity index (χ4v) is 2.02. The van der Waals surface area contributed by atoms with Crippen molar-refractivity contribution in [1.82, 2.24) is 15.1 Å². The van der Waals surface area contributed by atoms with Crippen LogP contribution in [0.2, 0.25) is 0 Å². The van der Waals surface area contributed by atoms with Crippen LogP contribution in [0.25, 0.3) is 0 Å². The molecule has 1 saturated carbocycles. The van der Waals surface area contributed by atoms with Gasteiger partial charge in [-0.2, -0.15) is 5.10 Å². The normalized spacial score (nSPS) is 18.0. The number of hydrogen-bond donors (Lipinski definition) is 1.